The van der Waals surface area contributed by atoms with Crippen LogP contribution in [0.3, 0.4) is 0 Å². The first kappa shape index (κ1) is 13.9. The minimum Gasteiger partial charge on any atom is -0.461 e. The number of ketones is 1. The van der Waals surface area contributed by atoms with Gasteiger partial charge >= 0.3 is 0 Å². The number of halogens is 1. The van der Waals surface area contributed by atoms with Crippen molar-refractivity contribution in [1.82, 2.24) is 0 Å². The van der Waals surface area contributed by atoms with Crippen molar-refractivity contribution in [3.63, 3.8) is 0 Å². The molecule has 0 saturated heterocycles. The van der Waals surface area contributed by atoms with Crippen molar-refractivity contribution >= 4 is 29.0 Å². The van der Waals surface area contributed by atoms with E-state index in [1.807, 2.05) is 0 Å². The molecular formula is C15H12ClNO4. The van der Waals surface area contributed by atoms with Crippen LogP contribution in [0.2, 0.25) is 5.02 Å². The standard InChI is InChI=1S/C15H12ClNO4/c1-8-10(16)5-4-9-13(8)17-14(19)15(9,20)7-11(18)12-3-2-6-21-12/h2-6,20H,7H2,1H3,(H,17,19)/t15-/m0/s1. The van der Waals surface area contributed by atoms with E-state index in [0.29, 0.717) is 21.8 Å². The normalized spacial score (nSPS) is 20.2. The minimum atomic E-state index is -1.91. The average Bonchev–Trinajstić information content (AvgIpc) is 3.04. The Hall–Kier alpha value is -2.11. The van der Waals surface area contributed by atoms with Gasteiger partial charge in [0.05, 0.1) is 18.4 Å². The molecule has 0 aliphatic carbocycles. The number of rotatable bonds is 3. The Morgan fingerprint density at radius 1 is 1.43 bits per heavy atom. The second-order valence-electron chi connectivity index (χ2n) is 4.99. The first-order valence-corrected chi connectivity index (χ1v) is 6.71. The van der Waals surface area contributed by atoms with Gasteiger partial charge in [-0.15, -0.1) is 0 Å². The Morgan fingerprint density at radius 2 is 2.19 bits per heavy atom. The van der Waals surface area contributed by atoms with Gasteiger partial charge in [0.1, 0.15) is 0 Å². The molecule has 0 unspecified atom stereocenters. The maximum absolute atomic E-state index is 12.1. The van der Waals surface area contributed by atoms with Crippen molar-refractivity contribution in [1.29, 1.82) is 0 Å². The second kappa shape index (κ2) is 4.72. The summed E-state index contributed by atoms with van der Waals surface area (Å²) in [6, 6.07) is 6.22. The quantitative estimate of drug-likeness (QED) is 0.854. The Kier molecular flexibility index (Phi) is 3.11. The molecule has 1 aliphatic rings. The molecule has 1 aromatic heterocycles. The Morgan fingerprint density at radius 3 is 2.86 bits per heavy atom. The maximum atomic E-state index is 12.1. The number of aliphatic hydroxyl groups is 1. The van der Waals surface area contributed by atoms with E-state index in [0.717, 1.165) is 0 Å². The summed E-state index contributed by atoms with van der Waals surface area (Å²) >= 11 is 6.01. The van der Waals surface area contributed by atoms with Crippen LogP contribution in [0, 0.1) is 6.92 Å². The molecule has 1 atom stereocenters. The zero-order valence-corrected chi connectivity index (χ0v) is 11.9. The molecule has 0 radical (unpaired) electrons. The Labute approximate surface area is 125 Å². The summed E-state index contributed by atoms with van der Waals surface area (Å²) < 4.78 is 5.00. The monoisotopic (exact) mass is 305 g/mol. The van der Waals surface area contributed by atoms with Crippen molar-refractivity contribution in [3.05, 3.63) is 52.4 Å². The van der Waals surface area contributed by atoms with Crippen LogP contribution in [0.5, 0.6) is 0 Å². The maximum Gasteiger partial charge on any atom is 0.261 e. The molecule has 3 rings (SSSR count). The number of hydrogen-bond donors (Lipinski definition) is 2. The predicted octanol–water partition coefficient (Wildman–Crippen LogP) is 2.65. The number of anilines is 1. The zero-order valence-electron chi connectivity index (χ0n) is 11.1. The van der Waals surface area contributed by atoms with E-state index in [4.69, 9.17) is 16.0 Å². The van der Waals surface area contributed by atoms with Crippen LogP contribution < -0.4 is 5.32 Å². The highest BCUT2D eigenvalue weighted by molar-refractivity contribution is 6.32. The van der Waals surface area contributed by atoms with Crippen LogP contribution in [-0.2, 0) is 10.4 Å². The van der Waals surface area contributed by atoms with E-state index in [9.17, 15) is 14.7 Å². The highest BCUT2D eigenvalue weighted by Crippen LogP contribution is 2.42. The number of Topliss-reactive ketones (excluding diaryl/α,β-unsaturated/α-hetero) is 1. The summed E-state index contributed by atoms with van der Waals surface area (Å²) in [5.74, 6) is -0.976. The lowest BCUT2D eigenvalue weighted by Crippen LogP contribution is -2.36. The number of carbonyl (C=O) groups excluding carboxylic acids is 2. The summed E-state index contributed by atoms with van der Waals surface area (Å²) in [6.07, 6.45) is 0.976. The van der Waals surface area contributed by atoms with Crippen molar-refractivity contribution < 1.29 is 19.1 Å². The summed E-state index contributed by atoms with van der Waals surface area (Å²) in [7, 11) is 0. The largest absolute Gasteiger partial charge is 0.461 e. The summed E-state index contributed by atoms with van der Waals surface area (Å²) in [4.78, 5) is 24.2. The van der Waals surface area contributed by atoms with Gasteiger partial charge in [0, 0.05) is 10.6 Å². The van der Waals surface area contributed by atoms with Crippen molar-refractivity contribution in [2.45, 2.75) is 18.9 Å². The molecule has 21 heavy (non-hydrogen) atoms. The van der Waals surface area contributed by atoms with Crippen LogP contribution in [0.15, 0.2) is 34.9 Å². The highest BCUT2D eigenvalue weighted by atomic mass is 35.5. The Bertz CT molecular complexity index is 738. The molecule has 0 fully saturated rings. The smallest absolute Gasteiger partial charge is 0.261 e. The number of benzene rings is 1. The SMILES string of the molecule is Cc1c(Cl)ccc2c1NC(=O)[C@]2(O)CC(=O)c1ccco1. The highest BCUT2D eigenvalue weighted by Gasteiger charge is 2.47. The molecule has 0 spiro atoms. The lowest BCUT2D eigenvalue weighted by Gasteiger charge is -2.19. The average molecular weight is 306 g/mol. The van der Waals surface area contributed by atoms with Gasteiger partial charge in [-0.2, -0.15) is 0 Å². The molecule has 2 N–H and O–H groups in total. The third-order valence-electron chi connectivity index (χ3n) is 3.67. The molecule has 2 aromatic rings. The fourth-order valence-electron chi connectivity index (χ4n) is 2.46. The molecule has 108 valence electrons. The molecule has 2 heterocycles. The number of nitrogens with one attached hydrogen (secondary N) is 1. The minimum absolute atomic E-state index is 0.107. The first-order valence-electron chi connectivity index (χ1n) is 6.33. The molecular weight excluding hydrogens is 294 g/mol. The van der Waals surface area contributed by atoms with Crippen molar-refractivity contribution in [3.8, 4) is 0 Å². The first-order chi connectivity index (χ1) is 9.93. The van der Waals surface area contributed by atoms with E-state index in [-0.39, 0.29) is 12.2 Å². The zero-order chi connectivity index (χ0) is 15.2. The fourth-order valence-corrected chi connectivity index (χ4v) is 2.62. The van der Waals surface area contributed by atoms with Gasteiger partial charge in [0.15, 0.2) is 11.4 Å². The van der Waals surface area contributed by atoms with Gasteiger partial charge in [-0.3, -0.25) is 9.59 Å². The topological polar surface area (TPSA) is 79.5 Å². The molecule has 5 nitrogen and oxygen atoms in total. The third kappa shape index (κ3) is 2.05. The predicted molar refractivity (Wildman–Crippen MR) is 76.4 cm³/mol. The number of fused-ring (bicyclic) bond motifs is 1. The molecule has 1 aliphatic heterocycles. The number of hydrogen-bond acceptors (Lipinski definition) is 4. The van der Waals surface area contributed by atoms with Gasteiger partial charge in [-0.05, 0) is 30.7 Å². The molecule has 6 heteroatoms. The van der Waals surface area contributed by atoms with Gasteiger partial charge in [0.2, 0.25) is 5.78 Å². The number of carbonyl (C=O) groups is 2. The van der Waals surface area contributed by atoms with Gasteiger partial charge < -0.3 is 14.8 Å². The van der Waals surface area contributed by atoms with Gasteiger partial charge in [-0.25, -0.2) is 0 Å². The third-order valence-corrected chi connectivity index (χ3v) is 4.08. The van der Waals surface area contributed by atoms with E-state index in [2.05, 4.69) is 5.32 Å². The van der Waals surface area contributed by atoms with Crippen LogP contribution >= 0.6 is 11.6 Å². The van der Waals surface area contributed by atoms with E-state index < -0.39 is 17.3 Å². The van der Waals surface area contributed by atoms with Crippen molar-refractivity contribution in [2.24, 2.45) is 0 Å². The molecule has 1 amide bonds. The van der Waals surface area contributed by atoms with Gasteiger partial charge in [-0.1, -0.05) is 17.7 Å². The van der Waals surface area contributed by atoms with E-state index in [1.165, 1.54) is 12.3 Å². The molecule has 0 bridgehead atoms. The van der Waals surface area contributed by atoms with Crippen molar-refractivity contribution in [2.75, 3.05) is 5.32 Å². The van der Waals surface area contributed by atoms with Crippen LogP contribution in [0.25, 0.3) is 0 Å². The summed E-state index contributed by atoms with van der Waals surface area (Å²) in [6.45, 7) is 1.74. The molecule has 0 saturated carbocycles. The lowest BCUT2D eigenvalue weighted by molar-refractivity contribution is -0.133. The van der Waals surface area contributed by atoms with Crippen LogP contribution in [-0.4, -0.2) is 16.8 Å². The number of furan rings is 1. The second-order valence-corrected chi connectivity index (χ2v) is 5.39. The van der Waals surface area contributed by atoms with Crippen LogP contribution in [0.4, 0.5) is 5.69 Å². The van der Waals surface area contributed by atoms with E-state index in [1.54, 1.807) is 25.1 Å². The number of amides is 1. The van der Waals surface area contributed by atoms with E-state index >= 15 is 0 Å². The summed E-state index contributed by atoms with van der Waals surface area (Å²) in [5, 5.41) is 13.8. The van der Waals surface area contributed by atoms with Crippen LogP contribution in [0.1, 0.15) is 28.1 Å². The molecule has 1 aromatic carbocycles. The Balaban J connectivity index is 2.01. The van der Waals surface area contributed by atoms with Gasteiger partial charge in [0.25, 0.3) is 5.91 Å². The fraction of sp³-hybridized carbons (Fsp3) is 0.200. The summed E-state index contributed by atoms with van der Waals surface area (Å²) in [5.41, 5.74) is -0.436. The lowest BCUT2D eigenvalue weighted by atomic mass is 9.88.